The second kappa shape index (κ2) is 13.7. The summed E-state index contributed by atoms with van der Waals surface area (Å²) in [5.41, 5.74) is 12.9. The summed E-state index contributed by atoms with van der Waals surface area (Å²) in [6.45, 7) is 2.14. The van der Waals surface area contributed by atoms with Gasteiger partial charge in [0.25, 0.3) is 0 Å². The lowest BCUT2D eigenvalue weighted by molar-refractivity contribution is -0.146. The number of anilines is 1. The van der Waals surface area contributed by atoms with E-state index in [2.05, 4.69) is 20.1 Å². The number of nitrogens with two attached hydrogens (primary N) is 1. The van der Waals surface area contributed by atoms with Crippen LogP contribution < -0.4 is 21.0 Å². The Morgan fingerprint density at radius 2 is 1.91 bits per heavy atom. The normalized spacial score (nSPS) is 22.8. The Morgan fingerprint density at radius 1 is 1.20 bits per heavy atom. The van der Waals surface area contributed by atoms with Crippen LogP contribution in [0.1, 0.15) is 25.6 Å². The van der Waals surface area contributed by atoms with Gasteiger partial charge in [-0.25, -0.2) is 9.36 Å². The fraction of sp³-hybridized carbons (Fsp3) is 0.300. The molecule has 1 saturated heterocycles. The molecule has 5 rings (SSSR count). The minimum absolute atomic E-state index is 0.0221. The summed E-state index contributed by atoms with van der Waals surface area (Å²) in [5.74, 6) is -1.45. The number of ether oxygens (including phenoxy) is 2. The van der Waals surface area contributed by atoms with E-state index in [0.29, 0.717) is 5.39 Å². The lowest BCUT2D eigenvalue weighted by Crippen LogP contribution is -2.44. The Hall–Kier alpha value is -4.75. The van der Waals surface area contributed by atoms with Crippen molar-refractivity contribution in [2.24, 2.45) is 11.0 Å². The Morgan fingerprint density at radius 3 is 2.65 bits per heavy atom. The van der Waals surface area contributed by atoms with Crippen LogP contribution in [0.15, 0.2) is 95.0 Å². The summed E-state index contributed by atoms with van der Waals surface area (Å²) in [7, 11) is -4.55. The quantitative estimate of drug-likeness (QED) is 0.0641. The summed E-state index contributed by atoms with van der Waals surface area (Å²) in [6.07, 6.45) is -1.38. The summed E-state index contributed by atoms with van der Waals surface area (Å²) in [4.78, 5) is 32.0. The molecular weight excluding hydrogens is 617 g/mol. The summed E-state index contributed by atoms with van der Waals surface area (Å²) in [5, 5.41) is 18.9. The van der Waals surface area contributed by atoms with E-state index in [1.807, 2.05) is 24.3 Å². The van der Waals surface area contributed by atoms with Crippen molar-refractivity contribution in [2.45, 2.75) is 44.6 Å². The van der Waals surface area contributed by atoms with Gasteiger partial charge in [-0.15, -0.1) is 0 Å². The molecule has 0 bridgehead atoms. The van der Waals surface area contributed by atoms with E-state index in [0.717, 1.165) is 15.5 Å². The molecule has 0 radical (unpaired) electrons. The van der Waals surface area contributed by atoms with Crippen LogP contribution in [-0.4, -0.2) is 45.1 Å². The molecule has 1 aromatic heterocycles. The molecule has 16 heteroatoms. The van der Waals surface area contributed by atoms with Crippen LogP contribution in [0.2, 0.25) is 0 Å². The van der Waals surface area contributed by atoms with Crippen molar-refractivity contribution in [3.8, 4) is 5.75 Å². The standard InChI is InChI=1S/C30H32N7O8P/c1-19-26(38)30(35-36-32,44-27(19)37-16-15-25(31)33-29(37)40)18-43-46(41,45-24-14-8-12-22-11-6-7-13-23(22)24)34-20(2)28(39)42-17-21-9-4-3-5-10-21/h3-16,19-20,26-27,38H,17-18H2,1-2H3,(H,34,41)(H2,31,33,40)/t19-,20+,26+,27-,30-,46?/m1/s1. The van der Waals surface area contributed by atoms with E-state index in [9.17, 15) is 24.8 Å². The van der Waals surface area contributed by atoms with Crippen molar-refractivity contribution in [1.82, 2.24) is 14.6 Å². The zero-order chi connectivity index (χ0) is 32.9. The summed E-state index contributed by atoms with van der Waals surface area (Å²) in [6, 6.07) is 21.4. The van der Waals surface area contributed by atoms with Crippen molar-refractivity contribution < 1.29 is 33.0 Å². The van der Waals surface area contributed by atoms with E-state index in [-0.39, 0.29) is 18.2 Å². The first-order chi connectivity index (χ1) is 22.0. The lowest BCUT2D eigenvalue weighted by Gasteiger charge is -2.30. The van der Waals surface area contributed by atoms with Gasteiger partial charge in [0.05, 0.1) is 12.7 Å². The fourth-order valence-electron chi connectivity index (χ4n) is 5.00. The molecule has 1 aliphatic rings. The Labute approximate surface area is 263 Å². The number of aliphatic hydroxyl groups excluding tert-OH is 1. The molecule has 1 fully saturated rings. The van der Waals surface area contributed by atoms with Gasteiger partial charge in [-0.2, -0.15) is 10.1 Å². The molecule has 0 spiro atoms. The third-order valence-electron chi connectivity index (χ3n) is 7.41. The van der Waals surface area contributed by atoms with Crippen LogP contribution in [0.3, 0.4) is 0 Å². The van der Waals surface area contributed by atoms with Crippen molar-refractivity contribution in [3.05, 3.63) is 112 Å². The Kier molecular flexibility index (Phi) is 9.73. The second-order valence-corrected chi connectivity index (χ2v) is 12.4. The third-order valence-corrected chi connectivity index (χ3v) is 9.02. The molecule has 0 aliphatic carbocycles. The molecule has 4 N–H and O–H groups in total. The van der Waals surface area contributed by atoms with Gasteiger partial charge in [-0.3, -0.25) is 13.9 Å². The molecule has 0 saturated carbocycles. The number of aromatic nitrogens is 2. The molecule has 4 aromatic rings. The minimum atomic E-state index is -4.55. The van der Waals surface area contributed by atoms with Crippen LogP contribution in [0.5, 0.6) is 5.75 Å². The monoisotopic (exact) mass is 649 g/mol. The molecule has 15 nitrogen and oxygen atoms in total. The molecule has 1 unspecified atom stereocenters. The topological polar surface area (TPSA) is 213 Å². The van der Waals surface area contributed by atoms with Gasteiger partial charge in [0.15, 0.2) is 5.72 Å². The number of aliphatic hydroxyl groups is 1. The molecule has 46 heavy (non-hydrogen) atoms. The first kappa shape index (κ1) is 32.6. The molecule has 0 amide bonds. The van der Waals surface area contributed by atoms with Crippen LogP contribution in [0.25, 0.3) is 21.2 Å². The number of hydrogen-bond donors (Lipinski definition) is 3. The van der Waals surface area contributed by atoms with Gasteiger partial charge in [0, 0.05) is 22.4 Å². The lowest BCUT2D eigenvalue weighted by atomic mass is 9.98. The molecular formula is C30H32N7O8P. The van der Waals surface area contributed by atoms with Crippen molar-refractivity contribution in [2.75, 3.05) is 12.3 Å². The van der Waals surface area contributed by atoms with E-state index < -0.39 is 56.0 Å². The van der Waals surface area contributed by atoms with Gasteiger partial charge in [-0.05, 0) is 35.5 Å². The number of rotatable bonds is 12. The van der Waals surface area contributed by atoms with Crippen LogP contribution >= 0.6 is 7.75 Å². The highest BCUT2D eigenvalue weighted by molar-refractivity contribution is 7.52. The maximum Gasteiger partial charge on any atom is 0.459 e. The van der Waals surface area contributed by atoms with E-state index in [1.54, 1.807) is 55.5 Å². The number of hydrogen-bond acceptors (Lipinski definition) is 11. The average Bonchev–Trinajstić information content (AvgIpc) is 3.29. The number of fused-ring (bicyclic) bond motifs is 1. The predicted octanol–water partition coefficient (Wildman–Crippen LogP) is 4.44. The number of benzene rings is 3. The van der Waals surface area contributed by atoms with E-state index in [4.69, 9.17) is 24.3 Å². The zero-order valence-corrected chi connectivity index (χ0v) is 25.8. The number of esters is 1. The van der Waals surface area contributed by atoms with Gasteiger partial charge in [0.1, 0.15) is 30.4 Å². The van der Waals surface area contributed by atoms with Crippen molar-refractivity contribution in [3.63, 3.8) is 0 Å². The van der Waals surface area contributed by atoms with E-state index in [1.165, 1.54) is 19.2 Å². The highest BCUT2D eigenvalue weighted by Crippen LogP contribution is 2.50. The maximum absolute atomic E-state index is 14.4. The van der Waals surface area contributed by atoms with Crippen LogP contribution in [0, 0.1) is 5.92 Å². The number of nitrogens with one attached hydrogen (secondary N) is 1. The number of nitrogen functional groups attached to an aromatic ring is 1. The maximum atomic E-state index is 14.4. The first-order valence-electron chi connectivity index (χ1n) is 14.2. The van der Waals surface area contributed by atoms with Gasteiger partial charge < -0.3 is 24.8 Å². The Balaban J connectivity index is 1.43. The van der Waals surface area contributed by atoms with Crippen LogP contribution in [0.4, 0.5) is 5.82 Å². The number of azide groups is 1. The molecule has 1 aliphatic heterocycles. The molecule has 240 valence electrons. The zero-order valence-electron chi connectivity index (χ0n) is 24.9. The fourth-order valence-corrected chi connectivity index (χ4v) is 6.54. The highest BCUT2D eigenvalue weighted by atomic mass is 31.2. The Bertz CT molecular complexity index is 1860. The third kappa shape index (κ3) is 7.05. The first-order valence-corrected chi connectivity index (χ1v) is 15.8. The summed E-state index contributed by atoms with van der Waals surface area (Å²) < 4.78 is 38.6. The van der Waals surface area contributed by atoms with Gasteiger partial charge in [0.2, 0.25) is 0 Å². The number of carbonyl (C=O) groups excluding carboxylic acids is 1. The minimum Gasteiger partial charge on any atom is -0.460 e. The second-order valence-electron chi connectivity index (χ2n) is 10.7. The van der Waals surface area contributed by atoms with Gasteiger partial charge in [-0.1, -0.05) is 78.8 Å². The largest absolute Gasteiger partial charge is 0.460 e. The predicted molar refractivity (Wildman–Crippen MR) is 167 cm³/mol. The van der Waals surface area contributed by atoms with E-state index >= 15 is 0 Å². The molecule has 6 atom stereocenters. The number of carbonyl (C=O) groups is 1. The highest BCUT2D eigenvalue weighted by Gasteiger charge is 2.55. The molecule has 2 heterocycles. The van der Waals surface area contributed by atoms with Crippen molar-refractivity contribution in [1.29, 1.82) is 0 Å². The number of nitrogens with zero attached hydrogens (tertiary/aromatic N) is 5. The van der Waals surface area contributed by atoms with Crippen molar-refractivity contribution >= 4 is 30.3 Å². The van der Waals surface area contributed by atoms with Gasteiger partial charge >= 0.3 is 19.4 Å². The van der Waals surface area contributed by atoms with Crippen LogP contribution in [-0.2, 0) is 30.0 Å². The average molecular weight is 650 g/mol. The SMILES string of the molecule is C[C@H]1[C@H](n2ccc(N)nc2=O)O[C@@](COP(=O)(N[C@@H](C)C(=O)OCc2ccccc2)Oc2cccc3ccccc23)(N=[N+]=[N-])[C@H]1O. The smallest absolute Gasteiger partial charge is 0.459 e. The summed E-state index contributed by atoms with van der Waals surface area (Å²) >= 11 is 0. The molecule has 3 aromatic carbocycles.